The van der Waals surface area contributed by atoms with E-state index in [1.54, 1.807) is 21.6 Å². The molecule has 2 N–H and O–H groups in total. The summed E-state index contributed by atoms with van der Waals surface area (Å²) in [6.45, 7) is 8.05. The Morgan fingerprint density at radius 3 is 2.54 bits per heavy atom. The van der Waals surface area contributed by atoms with Crippen molar-refractivity contribution < 1.29 is 18.9 Å². The highest BCUT2D eigenvalue weighted by Gasteiger charge is 2.43. The van der Waals surface area contributed by atoms with E-state index in [0.717, 1.165) is 6.54 Å². The molecule has 0 saturated carbocycles. The molecule has 0 aromatic heterocycles. The van der Waals surface area contributed by atoms with E-state index >= 15 is 0 Å². The van der Waals surface area contributed by atoms with Gasteiger partial charge in [0.2, 0.25) is 5.91 Å². The topological polar surface area (TPSA) is 53.9 Å². The zero-order valence-corrected chi connectivity index (χ0v) is 17.6. The maximum atomic E-state index is 13.2. The standard InChI is InChI=1S/C21H30FN3O2S/c1-15(2)21-25(20(27)16-6-8-17(22)9-7-16)18(14-28-21)19(26)23-10-13-24-11-4-3-5-12-24/h6-9,15,18,21H,3-5,10-14H2,1-2H3,(H,23,26)/p+1/t18-,21-/m0/s1. The molecule has 0 radical (unpaired) electrons. The van der Waals surface area contributed by atoms with Crippen LogP contribution in [0.1, 0.15) is 43.5 Å². The highest BCUT2D eigenvalue weighted by Crippen LogP contribution is 2.35. The van der Waals surface area contributed by atoms with Gasteiger partial charge in [0.1, 0.15) is 11.9 Å². The van der Waals surface area contributed by atoms with Crippen molar-refractivity contribution >= 4 is 23.6 Å². The van der Waals surface area contributed by atoms with Crippen LogP contribution in [0, 0.1) is 11.7 Å². The van der Waals surface area contributed by atoms with Crippen molar-refractivity contribution in [3.8, 4) is 0 Å². The van der Waals surface area contributed by atoms with Crippen LogP contribution in [0.4, 0.5) is 4.39 Å². The van der Waals surface area contributed by atoms with Crippen molar-refractivity contribution in [2.24, 2.45) is 5.92 Å². The SMILES string of the molecule is CC(C)[C@@H]1SC[C@@H](C(=O)NCC[NH+]2CCCCC2)N1C(=O)c1ccc(F)cc1. The van der Waals surface area contributed by atoms with E-state index < -0.39 is 6.04 Å². The number of benzene rings is 1. The number of quaternary nitrogens is 1. The highest BCUT2D eigenvalue weighted by atomic mass is 32.2. The Hall–Kier alpha value is -1.60. The second-order valence-corrected chi connectivity index (χ2v) is 9.20. The van der Waals surface area contributed by atoms with E-state index in [-0.39, 0.29) is 28.9 Å². The fourth-order valence-corrected chi connectivity index (χ4v) is 5.50. The van der Waals surface area contributed by atoms with Crippen molar-refractivity contribution in [2.75, 3.05) is 31.9 Å². The van der Waals surface area contributed by atoms with Crippen molar-refractivity contribution in [1.82, 2.24) is 10.2 Å². The number of rotatable bonds is 6. The summed E-state index contributed by atoms with van der Waals surface area (Å²) < 4.78 is 13.2. The summed E-state index contributed by atoms with van der Waals surface area (Å²) in [4.78, 5) is 29.2. The number of hydrogen-bond donors (Lipinski definition) is 2. The Kier molecular flexibility index (Phi) is 7.35. The summed E-state index contributed by atoms with van der Waals surface area (Å²) in [5, 5.41) is 3.00. The number of nitrogens with one attached hydrogen (secondary N) is 2. The van der Waals surface area contributed by atoms with Crippen molar-refractivity contribution in [3.63, 3.8) is 0 Å². The van der Waals surface area contributed by atoms with Crippen molar-refractivity contribution in [3.05, 3.63) is 35.6 Å². The molecule has 2 saturated heterocycles. The largest absolute Gasteiger partial charge is 0.349 e. The van der Waals surface area contributed by atoms with Gasteiger partial charge in [-0.25, -0.2) is 4.39 Å². The Morgan fingerprint density at radius 1 is 1.21 bits per heavy atom. The third-order valence-corrected chi connectivity index (χ3v) is 7.19. The van der Waals surface area contributed by atoms with Crippen LogP contribution in [-0.4, -0.2) is 60.1 Å². The smallest absolute Gasteiger partial charge is 0.255 e. The maximum absolute atomic E-state index is 13.2. The average Bonchev–Trinajstić information content (AvgIpc) is 3.14. The number of hydrogen-bond acceptors (Lipinski definition) is 3. The lowest BCUT2D eigenvalue weighted by Gasteiger charge is -2.31. The molecule has 28 heavy (non-hydrogen) atoms. The summed E-state index contributed by atoms with van der Waals surface area (Å²) in [5.41, 5.74) is 0.421. The number of likely N-dealkylation sites (tertiary alicyclic amines) is 1. The molecule has 2 amide bonds. The van der Waals surface area contributed by atoms with Crippen LogP contribution >= 0.6 is 11.8 Å². The number of halogens is 1. The molecule has 2 aliphatic rings. The first-order valence-electron chi connectivity index (χ1n) is 10.3. The number of thioether (sulfide) groups is 1. The fraction of sp³-hybridized carbons (Fsp3) is 0.619. The van der Waals surface area contributed by atoms with E-state index in [0.29, 0.717) is 17.9 Å². The van der Waals surface area contributed by atoms with Gasteiger partial charge < -0.3 is 15.1 Å². The van der Waals surface area contributed by atoms with Gasteiger partial charge in [0.05, 0.1) is 31.6 Å². The summed E-state index contributed by atoms with van der Waals surface area (Å²) in [5.74, 6) is 0.165. The number of piperidine rings is 1. The minimum absolute atomic E-state index is 0.0546. The van der Waals surface area contributed by atoms with Gasteiger partial charge in [0, 0.05) is 11.3 Å². The van der Waals surface area contributed by atoms with Gasteiger partial charge in [-0.15, -0.1) is 11.8 Å². The first kappa shape index (κ1) is 21.1. The van der Waals surface area contributed by atoms with Crippen molar-refractivity contribution in [2.45, 2.75) is 44.5 Å². The molecule has 0 unspecified atom stereocenters. The number of carbonyl (C=O) groups excluding carboxylic acids is 2. The lowest BCUT2D eigenvalue weighted by atomic mass is 10.1. The van der Waals surface area contributed by atoms with Crippen LogP contribution in [0.3, 0.4) is 0 Å². The van der Waals surface area contributed by atoms with Gasteiger partial charge in [-0.3, -0.25) is 9.59 Å². The molecule has 1 aromatic carbocycles. The zero-order chi connectivity index (χ0) is 20.1. The second-order valence-electron chi connectivity index (χ2n) is 8.05. The van der Waals surface area contributed by atoms with E-state index in [4.69, 9.17) is 0 Å². The number of carbonyl (C=O) groups is 2. The molecule has 1 aromatic rings. The molecular weight excluding hydrogens is 377 g/mol. The van der Waals surface area contributed by atoms with Crippen LogP contribution in [0.2, 0.25) is 0 Å². The van der Waals surface area contributed by atoms with Gasteiger partial charge in [0.15, 0.2) is 0 Å². The summed E-state index contributed by atoms with van der Waals surface area (Å²) in [6.07, 6.45) is 3.84. The zero-order valence-electron chi connectivity index (χ0n) is 16.7. The lowest BCUT2D eigenvalue weighted by Crippen LogP contribution is -3.13. The molecule has 2 heterocycles. The van der Waals surface area contributed by atoms with Crippen LogP contribution in [0.25, 0.3) is 0 Å². The Balaban J connectivity index is 1.64. The summed E-state index contributed by atoms with van der Waals surface area (Å²) in [7, 11) is 0. The van der Waals surface area contributed by atoms with E-state index in [1.807, 2.05) is 0 Å². The lowest BCUT2D eigenvalue weighted by molar-refractivity contribution is -0.903. The second kappa shape index (κ2) is 9.74. The van der Waals surface area contributed by atoms with Gasteiger partial charge >= 0.3 is 0 Å². The molecule has 0 bridgehead atoms. The predicted molar refractivity (Wildman–Crippen MR) is 110 cm³/mol. The van der Waals surface area contributed by atoms with Gasteiger partial charge in [-0.05, 0) is 49.4 Å². The number of nitrogens with zero attached hydrogens (tertiary/aromatic N) is 1. The Labute approximate surface area is 171 Å². The molecular formula is C21H31FN3O2S+. The fourth-order valence-electron chi connectivity index (χ4n) is 4.02. The molecule has 3 rings (SSSR count). The minimum atomic E-state index is -0.480. The molecule has 0 spiro atoms. The maximum Gasteiger partial charge on any atom is 0.255 e. The summed E-state index contributed by atoms with van der Waals surface area (Å²) in [6, 6.07) is 5.08. The van der Waals surface area contributed by atoms with Gasteiger partial charge in [0.25, 0.3) is 5.91 Å². The minimum Gasteiger partial charge on any atom is -0.349 e. The van der Waals surface area contributed by atoms with Crippen molar-refractivity contribution in [1.29, 1.82) is 0 Å². The number of amides is 2. The van der Waals surface area contributed by atoms with E-state index in [1.165, 1.54) is 56.6 Å². The highest BCUT2D eigenvalue weighted by molar-refractivity contribution is 8.00. The quantitative estimate of drug-likeness (QED) is 0.751. The normalized spacial score (nSPS) is 23.2. The third kappa shape index (κ3) is 5.06. The Bertz CT molecular complexity index is 677. The molecule has 7 heteroatoms. The molecule has 154 valence electrons. The van der Waals surface area contributed by atoms with Crippen LogP contribution in [0.15, 0.2) is 24.3 Å². The van der Waals surface area contributed by atoms with Gasteiger partial charge in [-0.1, -0.05) is 13.8 Å². The molecule has 2 fully saturated rings. The van der Waals surface area contributed by atoms with Gasteiger partial charge in [-0.2, -0.15) is 0 Å². The predicted octanol–water partition coefficient (Wildman–Crippen LogP) is 1.55. The van der Waals surface area contributed by atoms with E-state index in [9.17, 15) is 14.0 Å². The molecule has 2 aliphatic heterocycles. The third-order valence-electron chi connectivity index (χ3n) is 5.57. The van der Waals surface area contributed by atoms with Crippen LogP contribution in [-0.2, 0) is 4.79 Å². The first-order chi connectivity index (χ1) is 13.5. The molecule has 2 atom stereocenters. The molecule has 5 nitrogen and oxygen atoms in total. The summed E-state index contributed by atoms with van der Waals surface area (Å²) >= 11 is 1.65. The first-order valence-corrected chi connectivity index (χ1v) is 11.3. The van der Waals surface area contributed by atoms with Crippen LogP contribution < -0.4 is 10.2 Å². The monoisotopic (exact) mass is 408 g/mol. The molecule has 0 aliphatic carbocycles. The Morgan fingerprint density at radius 2 is 1.89 bits per heavy atom. The van der Waals surface area contributed by atoms with Crippen LogP contribution in [0.5, 0.6) is 0 Å². The van der Waals surface area contributed by atoms with E-state index in [2.05, 4.69) is 19.2 Å². The average molecular weight is 409 g/mol.